The van der Waals surface area contributed by atoms with Gasteiger partial charge < -0.3 is 15.2 Å². The van der Waals surface area contributed by atoms with Crippen LogP contribution in [0.3, 0.4) is 0 Å². The van der Waals surface area contributed by atoms with E-state index in [0.29, 0.717) is 34.3 Å². The fourth-order valence-electron chi connectivity index (χ4n) is 2.69. The molecule has 1 aliphatic carbocycles. The van der Waals surface area contributed by atoms with Crippen molar-refractivity contribution in [3.05, 3.63) is 41.8 Å². The van der Waals surface area contributed by atoms with Gasteiger partial charge in [0, 0.05) is 17.7 Å². The van der Waals surface area contributed by atoms with E-state index in [2.05, 4.69) is 15.3 Å². The summed E-state index contributed by atoms with van der Waals surface area (Å²) in [6.07, 6.45) is 6.14. The molecule has 0 radical (unpaired) electrons. The SMILES string of the molecule is OC[C@H]1CC[C@H](Nc2ncncc2Oc2ccc(Cl)cc2)C1. The van der Waals surface area contributed by atoms with Crippen LogP contribution in [0.1, 0.15) is 19.3 Å². The highest BCUT2D eigenvalue weighted by Gasteiger charge is 2.25. The first-order chi connectivity index (χ1) is 10.7. The van der Waals surface area contributed by atoms with Gasteiger partial charge >= 0.3 is 0 Å². The van der Waals surface area contributed by atoms with Crippen molar-refractivity contribution in [2.24, 2.45) is 5.92 Å². The minimum Gasteiger partial charge on any atom is -0.452 e. The predicted molar refractivity (Wildman–Crippen MR) is 85.4 cm³/mol. The van der Waals surface area contributed by atoms with Gasteiger partial charge in [-0.25, -0.2) is 9.97 Å². The molecule has 2 aromatic rings. The molecule has 0 saturated heterocycles. The Morgan fingerprint density at radius 2 is 2.09 bits per heavy atom. The average molecular weight is 320 g/mol. The van der Waals surface area contributed by atoms with Crippen LogP contribution in [0.5, 0.6) is 11.5 Å². The standard InChI is InChI=1S/C16H18ClN3O2/c17-12-2-5-14(6-3-12)22-15-8-18-10-19-16(15)20-13-4-1-11(7-13)9-21/h2-3,5-6,8,10-11,13,21H,1,4,7,9H2,(H,18,19,20)/t11-,13-/m0/s1. The van der Waals surface area contributed by atoms with Crippen LogP contribution in [0.4, 0.5) is 5.82 Å². The number of aromatic nitrogens is 2. The highest BCUT2D eigenvalue weighted by atomic mass is 35.5. The molecule has 1 fully saturated rings. The summed E-state index contributed by atoms with van der Waals surface area (Å²) in [6, 6.07) is 7.46. The first-order valence-electron chi connectivity index (χ1n) is 7.35. The topological polar surface area (TPSA) is 67.3 Å². The van der Waals surface area contributed by atoms with Gasteiger partial charge in [0.2, 0.25) is 0 Å². The van der Waals surface area contributed by atoms with Crippen LogP contribution in [0.15, 0.2) is 36.8 Å². The summed E-state index contributed by atoms with van der Waals surface area (Å²) in [5.74, 6) is 2.31. The Kier molecular flexibility index (Phi) is 4.75. The molecular formula is C16H18ClN3O2. The van der Waals surface area contributed by atoms with Gasteiger partial charge in [-0.3, -0.25) is 0 Å². The molecule has 2 N–H and O–H groups in total. The molecule has 2 atom stereocenters. The van der Waals surface area contributed by atoms with E-state index in [9.17, 15) is 5.11 Å². The minimum atomic E-state index is 0.246. The van der Waals surface area contributed by atoms with Crippen LogP contribution in [0.2, 0.25) is 5.02 Å². The average Bonchev–Trinajstić information content (AvgIpc) is 2.99. The van der Waals surface area contributed by atoms with Gasteiger partial charge in [-0.2, -0.15) is 0 Å². The number of hydrogen-bond donors (Lipinski definition) is 2. The number of aliphatic hydroxyl groups excluding tert-OH is 1. The molecule has 116 valence electrons. The number of halogens is 1. The fourth-order valence-corrected chi connectivity index (χ4v) is 2.82. The van der Waals surface area contributed by atoms with Crippen LogP contribution in [-0.4, -0.2) is 27.7 Å². The summed E-state index contributed by atoms with van der Waals surface area (Å²) < 4.78 is 5.83. The van der Waals surface area contributed by atoms with Gasteiger partial charge in [-0.15, -0.1) is 0 Å². The lowest BCUT2D eigenvalue weighted by atomic mass is 10.1. The third-order valence-electron chi connectivity index (χ3n) is 3.86. The number of anilines is 1. The number of ether oxygens (including phenoxy) is 1. The van der Waals surface area contributed by atoms with E-state index < -0.39 is 0 Å². The van der Waals surface area contributed by atoms with Crippen molar-refractivity contribution < 1.29 is 9.84 Å². The second-order valence-electron chi connectivity index (χ2n) is 5.49. The number of hydrogen-bond acceptors (Lipinski definition) is 5. The number of rotatable bonds is 5. The molecular weight excluding hydrogens is 302 g/mol. The summed E-state index contributed by atoms with van der Waals surface area (Å²) in [4.78, 5) is 8.29. The number of benzene rings is 1. The highest BCUT2D eigenvalue weighted by molar-refractivity contribution is 6.30. The Morgan fingerprint density at radius 3 is 2.82 bits per heavy atom. The van der Waals surface area contributed by atoms with Crippen molar-refractivity contribution in [2.45, 2.75) is 25.3 Å². The van der Waals surface area contributed by atoms with Crippen LogP contribution in [0, 0.1) is 5.92 Å². The third-order valence-corrected chi connectivity index (χ3v) is 4.11. The molecule has 0 unspecified atom stereocenters. The first-order valence-corrected chi connectivity index (χ1v) is 7.73. The second-order valence-corrected chi connectivity index (χ2v) is 5.93. The van der Waals surface area contributed by atoms with Crippen molar-refractivity contribution in [2.75, 3.05) is 11.9 Å². The molecule has 3 rings (SSSR count). The summed E-state index contributed by atoms with van der Waals surface area (Å²) in [5.41, 5.74) is 0. The third kappa shape index (κ3) is 3.67. The van der Waals surface area contributed by atoms with Crippen molar-refractivity contribution >= 4 is 17.4 Å². The lowest BCUT2D eigenvalue weighted by molar-refractivity contribution is 0.229. The molecule has 1 aromatic heterocycles. The zero-order chi connectivity index (χ0) is 15.4. The molecule has 0 amide bonds. The zero-order valence-corrected chi connectivity index (χ0v) is 12.8. The molecule has 1 saturated carbocycles. The molecule has 0 bridgehead atoms. The van der Waals surface area contributed by atoms with E-state index in [0.717, 1.165) is 19.3 Å². The van der Waals surface area contributed by atoms with E-state index in [4.69, 9.17) is 16.3 Å². The van der Waals surface area contributed by atoms with Crippen molar-refractivity contribution in [1.29, 1.82) is 0 Å². The maximum absolute atomic E-state index is 9.23. The normalized spacial score (nSPS) is 20.8. The highest BCUT2D eigenvalue weighted by Crippen LogP contribution is 2.32. The maximum Gasteiger partial charge on any atom is 0.187 e. The summed E-state index contributed by atoms with van der Waals surface area (Å²) in [7, 11) is 0. The molecule has 22 heavy (non-hydrogen) atoms. The van der Waals surface area contributed by atoms with E-state index in [-0.39, 0.29) is 6.61 Å². The van der Waals surface area contributed by atoms with Crippen molar-refractivity contribution in [1.82, 2.24) is 9.97 Å². The first kappa shape index (κ1) is 15.1. The molecule has 1 aromatic carbocycles. The van der Waals surface area contributed by atoms with Gasteiger partial charge in [-0.05, 0) is 49.4 Å². The van der Waals surface area contributed by atoms with Gasteiger partial charge in [-0.1, -0.05) is 11.6 Å². The summed E-state index contributed by atoms with van der Waals surface area (Å²) in [5, 5.41) is 13.3. The Hall–Kier alpha value is -1.85. The summed E-state index contributed by atoms with van der Waals surface area (Å²) >= 11 is 5.87. The van der Waals surface area contributed by atoms with E-state index >= 15 is 0 Å². The van der Waals surface area contributed by atoms with Gasteiger partial charge in [0.05, 0.1) is 6.20 Å². The Morgan fingerprint density at radius 1 is 1.27 bits per heavy atom. The second kappa shape index (κ2) is 6.94. The van der Waals surface area contributed by atoms with Crippen LogP contribution >= 0.6 is 11.6 Å². The zero-order valence-electron chi connectivity index (χ0n) is 12.1. The molecule has 1 aliphatic rings. The number of aliphatic hydroxyl groups is 1. The quantitative estimate of drug-likeness (QED) is 0.883. The number of nitrogens with zero attached hydrogens (tertiary/aromatic N) is 2. The monoisotopic (exact) mass is 319 g/mol. The van der Waals surface area contributed by atoms with Crippen LogP contribution in [-0.2, 0) is 0 Å². The lowest BCUT2D eigenvalue weighted by Gasteiger charge is -2.16. The van der Waals surface area contributed by atoms with Crippen molar-refractivity contribution in [3.63, 3.8) is 0 Å². The molecule has 6 heteroatoms. The molecule has 0 aliphatic heterocycles. The van der Waals surface area contributed by atoms with Gasteiger partial charge in [0.1, 0.15) is 12.1 Å². The van der Waals surface area contributed by atoms with Crippen molar-refractivity contribution in [3.8, 4) is 11.5 Å². The van der Waals surface area contributed by atoms with Gasteiger partial charge in [0.15, 0.2) is 11.6 Å². The smallest absolute Gasteiger partial charge is 0.187 e. The minimum absolute atomic E-state index is 0.246. The largest absolute Gasteiger partial charge is 0.452 e. The molecule has 0 spiro atoms. The fraction of sp³-hybridized carbons (Fsp3) is 0.375. The Balaban J connectivity index is 1.71. The van der Waals surface area contributed by atoms with Gasteiger partial charge in [0.25, 0.3) is 0 Å². The van der Waals surface area contributed by atoms with E-state index in [1.165, 1.54) is 6.33 Å². The van der Waals surface area contributed by atoms with E-state index in [1.807, 2.05) is 0 Å². The molecule has 5 nitrogen and oxygen atoms in total. The van der Waals surface area contributed by atoms with Crippen LogP contribution < -0.4 is 10.1 Å². The number of nitrogens with one attached hydrogen (secondary N) is 1. The molecule has 1 heterocycles. The summed E-state index contributed by atoms with van der Waals surface area (Å²) in [6.45, 7) is 0.246. The lowest BCUT2D eigenvalue weighted by Crippen LogP contribution is -2.17. The van der Waals surface area contributed by atoms with E-state index in [1.54, 1.807) is 30.5 Å². The maximum atomic E-state index is 9.23. The Bertz CT molecular complexity index is 621. The predicted octanol–water partition coefficient (Wildman–Crippen LogP) is 3.50. The van der Waals surface area contributed by atoms with Crippen LogP contribution in [0.25, 0.3) is 0 Å². The Labute approximate surface area is 134 Å².